The lowest BCUT2D eigenvalue weighted by molar-refractivity contribution is -0.704. The molecule has 8 heteroatoms. The molecule has 1 N–H and O–H groups in total. The van der Waals surface area contributed by atoms with Gasteiger partial charge < -0.3 is 19.3 Å². The molecule has 2 heterocycles. The molecule has 196 valence electrons. The highest BCUT2D eigenvalue weighted by atomic mass is 35.5. The fourth-order valence-electron chi connectivity index (χ4n) is 4.03. The van der Waals surface area contributed by atoms with Crippen LogP contribution in [-0.4, -0.2) is 29.5 Å². The minimum Gasteiger partial charge on any atom is -0.497 e. The first kappa shape index (κ1) is 27.2. The molecule has 6 nitrogen and oxygen atoms in total. The molecule has 4 aromatic rings. The highest BCUT2D eigenvalue weighted by molar-refractivity contribution is 7.16. The molecule has 0 radical (unpaired) electrons. The Labute approximate surface area is 227 Å². The van der Waals surface area contributed by atoms with Crippen LogP contribution in [0.1, 0.15) is 42.1 Å². The van der Waals surface area contributed by atoms with Crippen LogP contribution in [0.25, 0.3) is 0 Å². The minimum atomic E-state index is -0.624. The Morgan fingerprint density at radius 1 is 1.00 bits per heavy atom. The number of hydrogen-bond donors (Lipinski definition) is 1. The SMILES string of the molecule is COc1ccc(CCOC(Cn2cc[n+](CC(O)c3ccc(OC(C)C)cc3)c2)c2ccc(Cl)s2)cc1. The Balaban J connectivity index is 1.36. The van der Waals surface area contributed by atoms with Crippen LogP contribution in [0.5, 0.6) is 11.5 Å². The number of aliphatic hydroxyl groups is 1. The van der Waals surface area contributed by atoms with E-state index < -0.39 is 6.10 Å². The van der Waals surface area contributed by atoms with Crippen molar-refractivity contribution in [3.8, 4) is 11.5 Å². The van der Waals surface area contributed by atoms with E-state index in [0.29, 0.717) is 19.7 Å². The minimum absolute atomic E-state index is 0.117. The van der Waals surface area contributed by atoms with Gasteiger partial charge in [-0.1, -0.05) is 35.9 Å². The molecule has 2 aromatic carbocycles. The lowest BCUT2D eigenvalue weighted by atomic mass is 10.1. The number of halogens is 1. The molecule has 4 rings (SSSR count). The molecule has 2 unspecified atom stereocenters. The second-order valence-electron chi connectivity index (χ2n) is 9.16. The van der Waals surface area contributed by atoms with Crippen molar-refractivity contribution in [3.05, 3.63) is 99.7 Å². The zero-order valence-corrected chi connectivity index (χ0v) is 23.0. The Bertz CT molecular complexity index is 1240. The van der Waals surface area contributed by atoms with Gasteiger partial charge in [-0.2, -0.15) is 0 Å². The van der Waals surface area contributed by atoms with Gasteiger partial charge in [0.2, 0.25) is 6.33 Å². The number of benzene rings is 2. The second-order valence-corrected chi connectivity index (χ2v) is 10.9. The summed E-state index contributed by atoms with van der Waals surface area (Å²) < 4.78 is 22.1. The summed E-state index contributed by atoms with van der Waals surface area (Å²) in [5.74, 6) is 1.65. The third-order valence-electron chi connectivity index (χ3n) is 5.92. The molecule has 0 bridgehead atoms. The van der Waals surface area contributed by atoms with Crippen molar-refractivity contribution in [1.82, 2.24) is 4.57 Å². The van der Waals surface area contributed by atoms with Crippen LogP contribution in [-0.2, 0) is 24.2 Å². The summed E-state index contributed by atoms with van der Waals surface area (Å²) in [7, 11) is 1.67. The number of ether oxygens (including phenoxy) is 3. The zero-order valence-electron chi connectivity index (χ0n) is 21.4. The largest absolute Gasteiger partial charge is 0.497 e. The van der Waals surface area contributed by atoms with Crippen LogP contribution in [0.15, 0.2) is 79.4 Å². The molecule has 2 atom stereocenters. The molecule has 0 aliphatic carbocycles. The lowest BCUT2D eigenvalue weighted by Gasteiger charge is -2.15. The van der Waals surface area contributed by atoms with Gasteiger partial charge in [0.15, 0.2) is 0 Å². The summed E-state index contributed by atoms with van der Waals surface area (Å²) in [5, 5.41) is 10.8. The number of thiophene rings is 1. The third kappa shape index (κ3) is 8.07. The average molecular weight is 542 g/mol. The summed E-state index contributed by atoms with van der Waals surface area (Å²) in [6, 6.07) is 19.6. The van der Waals surface area contributed by atoms with Gasteiger partial charge in [0, 0.05) is 4.88 Å². The van der Waals surface area contributed by atoms with E-state index in [0.717, 1.165) is 32.7 Å². The first-order valence-electron chi connectivity index (χ1n) is 12.4. The predicted molar refractivity (Wildman–Crippen MR) is 147 cm³/mol. The van der Waals surface area contributed by atoms with E-state index in [1.807, 2.05) is 85.7 Å². The predicted octanol–water partition coefficient (Wildman–Crippen LogP) is 6.02. The van der Waals surface area contributed by atoms with Crippen molar-refractivity contribution in [2.75, 3.05) is 13.7 Å². The van der Waals surface area contributed by atoms with E-state index in [4.69, 9.17) is 25.8 Å². The van der Waals surface area contributed by atoms with Crippen molar-refractivity contribution in [2.24, 2.45) is 0 Å². The summed E-state index contributed by atoms with van der Waals surface area (Å²) in [4.78, 5) is 1.09. The number of hydrogen-bond acceptors (Lipinski definition) is 5. The normalized spacial score (nSPS) is 13.0. The zero-order chi connectivity index (χ0) is 26.2. The van der Waals surface area contributed by atoms with Crippen LogP contribution in [0.2, 0.25) is 4.34 Å². The van der Waals surface area contributed by atoms with Crippen molar-refractivity contribution in [1.29, 1.82) is 0 Å². The second kappa shape index (κ2) is 13.1. The molecule has 37 heavy (non-hydrogen) atoms. The quantitative estimate of drug-likeness (QED) is 0.210. The van der Waals surface area contributed by atoms with Gasteiger partial charge in [-0.15, -0.1) is 11.3 Å². The van der Waals surface area contributed by atoms with E-state index in [1.54, 1.807) is 7.11 Å². The molecule has 0 fully saturated rings. The van der Waals surface area contributed by atoms with Crippen molar-refractivity contribution >= 4 is 22.9 Å². The van der Waals surface area contributed by atoms with Gasteiger partial charge in [0.1, 0.15) is 49.2 Å². The maximum Gasteiger partial charge on any atom is 0.243 e. The van der Waals surface area contributed by atoms with Crippen molar-refractivity contribution in [3.63, 3.8) is 0 Å². The van der Waals surface area contributed by atoms with Crippen LogP contribution in [0, 0.1) is 0 Å². The third-order valence-corrected chi connectivity index (χ3v) is 7.25. The van der Waals surface area contributed by atoms with E-state index in [2.05, 4.69) is 16.7 Å². The molecule has 0 saturated heterocycles. The summed E-state index contributed by atoms with van der Waals surface area (Å²) in [6.45, 7) is 5.67. The van der Waals surface area contributed by atoms with Gasteiger partial charge in [-0.3, -0.25) is 0 Å². The van der Waals surface area contributed by atoms with Crippen LogP contribution >= 0.6 is 22.9 Å². The number of methoxy groups -OCH3 is 1. The van der Waals surface area contributed by atoms with Crippen molar-refractivity contribution < 1.29 is 23.9 Å². The highest BCUT2D eigenvalue weighted by Gasteiger charge is 2.20. The van der Waals surface area contributed by atoms with E-state index in [1.165, 1.54) is 16.9 Å². The Kier molecular flexibility index (Phi) is 9.63. The number of aromatic nitrogens is 2. The van der Waals surface area contributed by atoms with E-state index >= 15 is 0 Å². The van der Waals surface area contributed by atoms with Crippen LogP contribution < -0.4 is 14.0 Å². The maximum atomic E-state index is 10.8. The Hall–Kier alpha value is -2.84. The summed E-state index contributed by atoms with van der Waals surface area (Å²) >= 11 is 7.76. The lowest BCUT2D eigenvalue weighted by Crippen LogP contribution is -2.34. The van der Waals surface area contributed by atoms with E-state index in [9.17, 15) is 5.11 Å². The highest BCUT2D eigenvalue weighted by Crippen LogP contribution is 2.30. The Morgan fingerprint density at radius 3 is 2.38 bits per heavy atom. The molecule has 0 aliphatic heterocycles. The van der Waals surface area contributed by atoms with Crippen molar-refractivity contribution in [2.45, 2.75) is 51.7 Å². The van der Waals surface area contributed by atoms with Gasteiger partial charge in [0.25, 0.3) is 0 Å². The number of aliphatic hydroxyl groups excluding tert-OH is 1. The summed E-state index contributed by atoms with van der Waals surface area (Å²) in [6.07, 6.45) is 6.13. The fraction of sp³-hybridized carbons (Fsp3) is 0.345. The maximum absolute atomic E-state index is 10.8. The van der Waals surface area contributed by atoms with Crippen LogP contribution in [0.3, 0.4) is 0 Å². The smallest absolute Gasteiger partial charge is 0.243 e. The number of nitrogens with zero attached hydrogens (tertiary/aromatic N) is 2. The van der Waals surface area contributed by atoms with E-state index in [-0.39, 0.29) is 12.2 Å². The molecule has 0 spiro atoms. The Morgan fingerprint density at radius 2 is 1.73 bits per heavy atom. The number of imidazole rings is 1. The van der Waals surface area contributed by atoms with Crippen LogP contribution in [0.4, 0.5) is 0 Å². The fourth-order valence-corrected chi connectivity index (χ4v) is 5.13. The van der Waals surface area contributed by atoms with Gasteiger partial charge in [-0.25, -0.2) is 9.13 Å². The standard InChI is InChI=1S/C29H34ClN2O4S/c1-21(2)36-25-10-6-23(7-11-25)26(33)18-31-15-16-32(20-31)19-27(28-12-13-29(30)37-28)35-17-14-22-4-8-24(34-3)9-5-22/h4-13,15-16,20-21,26-27,33H,14,17-19H2,1-3H3/q+1. The van der Waals surface area contributed by atoms with Gasteiger partial charge in [-0.05, 0) is 67.8 Å². The van der Waals surface area contributed by atoms with Gasteiger partial charge in [0.05, 0.1) is 24.2 Å². The summed E-state index contributed by atoms with van der Waals surface area (Å²) in [5.41, 5.74) is 2.05. The first-order valence-corrected chi connectivity index (χ1v) is 13.6. The molecule has 2 aromatic heterocycles. The average Bonchev–Trinajstić information content (AvgIpc) is 3.52. The number of rotatable bonds is 13. The topological polar surface area (TPSA) is 56.7 Å². The molecular formula is C29H34ClN2O4S+. The monoisotopic (exact) mass is 541 g/mol. The molecule has 0 aliphatic rings. The molecular weight excluding hydrogens is 508 g/mol. The molecule has 0 amide bonds. The molecule has 0 saturated carbocycles. The van der Waals surface area contributed by atoms with Gasteiger partial charge >= 0.3 is 0 Å². The first-order chi connectivity index (χ1) is 17.9.